The predicted molar refractivity (Wildman–Crippen MR) is 102 cm³/mol. The molecule has 1 aromatic carbocycles. The summed E-state index contributed by atoms with van der Waals surface area (Å²) >= 11 is 5.07. The average Bonchev–Trinajstić information content (AvgIpc) is 2.59. The topological polar surface area (TPSA) is 59.0 Å². The van der Waals surface area contributed by atoms with Crippen LogP contribution in [-0.4, -0.2) is 34.3 Å². The van der Waals surface area contributed by atoms with Gasteiger partial charge in [-0.2, -0.15) is 0 Å². The zero-order valence-corrected chi connectivity index (χ0v) is 16.1. The fraction of sp³-hybridized carbons (Fsp3) is 0.278. The second-order valence-corrected chi connectivity index (χ2v) is 7.48. The standard InChI is InChI=1S/C18H17BrN2O3S/c1-3-9-24-17(23)15-11(2)20-18-21(14(22)8-10-25-18)16(15)12-6-4-5-7-13(12)19/h3-7,16H,1,8-10H2,2H3. The molecule has 2 aliphatic heterocycles. The van der Waals surface area contributed by atoms with Gasteiger partial charge in [0.25, 0.3) is 0 Å². The molecular weight excluding hydrogens is 404 g/mol. The van der Waals surface area contributed by atoms with Gasteiger partial charge in [-0.1, -0.05) is 58.5 Å². The molecule has 2 aliphatic rings. The second-order valence-electron chi connectivity index (χ2n) is 5.57. The van der Waals surface area contributed by atoms with Gasteiger partial charge in [-0.05, 0) is 18.6 Å². The van der Waals surface area contributed by atoms with Crippen LogP contribution in [0.5, 0.6) is 0 Å². The summed E-state index contributed by atoms with van der Waals surface area (Å²) in [5.41, 5.74) is 1.78. The number of halogens is 1. The first-order chi connectivity index (χ1) is 12.0. The quantitative estimate of drug-likeness (QED) is 0.548. The number of aliphatic imine (C=N–C) groups is 1. The molecule has 1 saturated heterocycles. The van der Waals surface area contributed by atoms with E-state index in [1.54, 1.807) is 11.8 Å². The molecule has 1 atom stereocenters. The Labute approximate surface area is 159 Å². The smallest absolute Gasteiger partial charge is 0.338 e. The van der Waals surface area contributed by atoms with Gasteiger partial charge in [-0.25, -0.2) is 9.79 Å². The van der Waals surface area contributed by atoms with Crippen molar-refractivity contribution < 1.29 is 14.3 Å². The summed E-state index contributed by atoms with van der Waals surface area (Å²) in [7, 11) is 0. The van der Waals surface area contributed by atoms with Crippen LogP contribution in [0.3, 0.4) is 0 Å². The lowest BCUT2D eigenvalue weighted by atomic mass is 9.94. The van der Waals surface area contributed by atoms with Crippen LogP contribution in [0.15, 0.2) is 57.7 Å². The number of hydrogen-bond donors (Lipinski definition) is 0. The number of carbonyl (C=O) groups is 2. The molecule has 7 heteroatoms. The van der Waals surface area contributed by atoms with E-state index in [9.17, 15) is 9.59 Å². The van der Waals surface area contributed by atoms with Gasteiger partial charge in [0.2, 0.25) is 5.91 Å². The Kier molecular flexibility index (Phi) is 5.44. The van der Waals surface area contributed by atoms with Gasteiger partial charge in [0.15, 0.2) is 5.17 Å². The Balaban J connectivity index is 2.15. The normalized spacial score (nSPS) is 20.1. The highest BCUT2D eigenvalue weighted by atomic mass is 79.9. The zero-order chi connectivity index (χ0) is 18.0. The predicted octanol–water partition coefficient (Wildman–Crippen LogP) is 3.83. The molecule has 0 saturated carbocycles. The van der Waals surface area contributed by atoms with Gasteiger partial charge >= 0.3 is 5.97 Å². The van der Waals surface area contributed by atoms with Crippen LogP contribution in [0.25, 0.3) is 0 Å². The van der Waals surface area contributed by atoms with Crippen molar-refractivity contribution in [1.29, 1.82) is 0 Å². The second kappa shape index (κ2) is 7.58. The van der Waals surface area contributed by atoms with Gasteiger partial charge in [0.1, 0.15) is 6.61 Å². The van der Waals surface area contributed by atoms with Crippen molar-refractivity contribution in [2.45, 2.75) is 19.4 Å². The van der Waals surface area contributed by atoms with Crippen molar-refractivity contribution in [2.24, 2.45) is 4.99 Å². The Hall–Kier alpha value is -1.86. The molecule has 0 N–H and O–H groups in total. The summed E-state index contributed by atoms with van der Waals surface area (Å²) in [6.45, 7) is 5.45. The maximum atomic E-state index is 12.7. The molecule has 0 bridgehead atoms. The lowest BCUT2D eigenvalue weighted by molar-refractivity contribution is -0.139. The molecule has 1 aromatic rings. The van der Waals surface area contributed by atoms with Crippen LogP contribution in [-0.2, 0) is 14.3 Å². The van der Waals surface area contributed by atoms with E-state index in [1.807, 2.05) is 24.3 Å². The molecule has 3 rings (SSSR count). The Morgan fingerprint density at radius 3 is 3.00 bits per heavy atom. The third-order valence-electron chi connectivity index (χ3n) is 3.96. The molecule has 0 radical (unpaired) electrons. The van der Waals surface area contributed by atoms with Crippen LogP contribution >= 0.6 is 27.7 Å². The van der Waals surface area contributed by atoms with Gasteiger partial charge in [-0.15, -0.1) is 0 Å². The number of allylic oxidation sites excluding steroid dienone is 1. The number of rotatable bonds is 4. The summed E-state index contributed by atoms with van der Waals surface area (Å²) in [6.07, 6.45) is 1.93. The molecule has 1 unspecified atom stereocenters. The van der Waals surface area contributed by atoms with E-state index in [4.69, 9.17) is 4.74 Å². The van der Waals surface area contributed by atoms with E-state index in [0.29, 0.717) is 28.6 Å². The minimum absolute atomic E-state index is 0.0419. The van der Waals surface area contributed by atoms with Crippen molar-refractivity contribution in [1.82, 2.24) is 4.90 Å². The molecule has 1 fully saturated rings. The Morgan fingerprint density at radius 1 is 1.52 bits per heavy atom. The highest BCUT2D eigenvalue weighted by Crippen LogP contribution is 2.42. The number of thioether (sulfide) groups is 1. The van der Waals surface area contributed by atoms with E-state index >= 15 is 0 Å². The number of nitrogens with zero attached hydrogens (tertiary/aromatic N) is 2. The number of hydrogen-bond acceptors (Lipinski definition) is 5. The van der Waals surface area contributed by atoms with Crippen molar-refractivity contribution >= 4 is 44.7 Å². The fourth-order valence-corrected chi connectivity index (χ4v) is 4.37. The van der Waals surface area contributed by atoms with E-state index in [1.165, 1.54) is 17.8 Å². The third kappa shape index (κ3) is 3.43. The van der Waals surface area contributed by atoms with Crippen LogP contribution in [0.4, 0.5) is 0 Å². The Morgan fingerprint density at radius 2 is 2.28 bits per heavy atom. The molecule has 25 heavy (non-hydrogen) atoms. The largest absolute Gasteiger partial charge is 0.458 e. The zero-order valence-electron chi connectivity index (χ0n) is 13.7. The molecule has 0 aliphatic carbocycles. The maximum Gasteiger partial charge on any atom is 0.338 e. The molecular formula is C18H17BrN2O3S. The number of ether oxygens (including phenoxy) is 1. The van der Waals surface area contributed by atoms with Crippen molar-refractivity contribution in [3.8, 4) is 0 Å². The molecule has 0 spiro atoms. The number of amides is 1. The number of fused-ring (bicyclic) bond motifs is 1. The summed E-state index contributed by atoms with van der Waals surface area (Å²) in [4.78, 5) is 31.4. The molecule has 1 amide bonds. The van der Waals surface area contributed by atoms with Gasteiger partial charge in [0.05, 0.1) is 17.3 Å². The Bertz CT molecular complexity index is 803. The summed E-state index contributed by atoms with van der Waals surface area (Å²) in [6, 6.07) is 7.02. The van der Waals surface area contributed by atoms with Crippen LogP contribution < -0.4 is 0 Å². The third-order valence-corrected chi connectivity index (χ3v) is 5.64. The summed E-state index contributed by atoms with van der Waals surface area (Å²) in [5, 5.41) is 0.634. The van der Waals surface area contributed by atoms with Gasteiger partial charge in [0, 0.05) is 16.6 Å². The van der Waals surface area contributed by atoms with E-state index in [2.05, 4.69) is 27.5 Å². The first kappa shape index (κ1) is 17.9. The van der Waals surface area contributed by atoms with Crippen LogP contribution in [0, 0.1) is 0 Å². The van der Waals surface area contributed by atoms with Crippen molar-refractivity contribution in [2.75, 3.05) is 12.4 Å². The van der Waals surface area contributed by atoms with E-state index in [-0.39, 0.29) is 12.5 Å². The lowest BCUT2D eigenvalue weighted by Crippen LogP contribution is -2.46. The molecule has 0 aromatic heterocycles. The van der Waals surface area contributed by atoms with Crippen LogP contribution in [0.1, 0.15) is 24.9 Å². The van der Waals surface area contributed by atoms with Crippen molar-refractivity contribution in [3.05, 3.63) is 58.2 Å². The monoisotopic (exact) mass is 420 g/mol. The first-order valence-electron chi connectivity index (χ1n) is 7.81. The van der Waals surface area contributed by atoms with Gasteiger partial charge < -0.3 is 4.74 Å². The highest BCUT2D eigenvalue weighted by molar-refractivity contribution is 9.10. The van der Waals surface area contributed by atoms with E-state index in [0.717, 1.165) is 10.0 Å². The number of amidine groups is 1. The molecule has 130 valence electrons. The first-order valence-corrected chi connectivity index (χ1v) is 9.59. The van der Waals surface area contributed by atoms with Crippen molar-refractivity contribution in [3.63, 3.8) is 0 Å². The van der Waals surface area contributed by atoms with E-state index < -0.39 is 12.0 Å². The van der Waals surface area contributed by atoms with Gasteiger partial charge in [-0.3, -0.25) is 9.69 Å². The molecule has 5 nitrogen and oxygen atoms in total. The number of benzene rings is 1. The van der Waals surface area contributed by atoms with Crippen LogP contribution in [0.2, 0.25) is 0 Å². The average molecular weight is 421 g/mol. The summed E-state index contributed by atoms with van der Waals surface area (Å²) < 4.78 is 6.09. The lowest BCUT2D eigenvalue weighted by Gasteiger charge is -2.39. The minimum atomic E-state index is -0.555. The minimum Gasteiger partial charge on any atom is -0.458 e. The SMILES string of the molecule is C=CCOC(=O)C1=C(C)N=C2SCCC(=O)N2C1c1ccccc1Br. The maximum absolute atomic E-state index is 12.7. The number of carbonyl (C=O) groups excluding carboxylic acids is 2. The molecule has 2 heterocycles. The highest BCUT2D eigenvalue weighted by Gasteiger charge is 2.42. The summed E-state index contributed by atoms with van der Waals surface area (Å²) in [5.74, 6) is 0.171. The number of esters is 1. The fourth-order valence-electron chi connectivity index (χ4n) is 2.86.